The maximum absolute atomic E-state index is 3.63. The van der Waals surface area contributed by atoms with Crippen molar-refractivity contribution >= 4 is 11.4 Å². The summed E-state index contributed by atoms with van der Waals surface area (Å²) in [5.41, 5.74) is 5.19. The van der Waals surface area contributed by atoms with Crippen LogP contribution < -0.4 is 5.32 Å². The molecule has 0 aliphatic rings. The fourth-order valence-corrected chi connectivity index (χ4v) is 3.11. The molecule has 2 aromatic rings. The predicted octanol–water partition coefficient (Wildman–Crippen LogP) is 7.74. The Hall–Kier alpha value is -2.28. The molecule has 0 radical (unpaired) electrons. The molecule has 0 amide bonds. The van der Waals surface area contributed by atoms with Crippen molar-refractivity contribution in [2.24, 2.45) is 0 Å². The molecular weight excluding hydrogens is 314 g/mol. The van der Waals surface area contributed by atoms with E-state index in [-0.39, 0.29) is 5.41 Å². The zero-order valence-corrected chi connectivity index (χ0v) is 16.9. The molecule has 0 aliphatic carbocycles. The number of nitrogens with one attached hydrogen (secondary N) is 1. The maximum atomic E-state index is 3.63. The van der Waals surface area contributed by atoms with E-state index in [1.807, 2.05) is 13.0 Å². The summed E-state index contributed by atoms with van der Waals surface area (Å²) in [6.45, 7) is 11.3. The van der Waals surface area contributed by atoms with Crippen LogP contribution in [-0.2, 0) is 5.41 Å². The van der Waals surface area contributed by atoms with Gasteiger partial charge in [0.15, 0.2) is 0 Å². The van der Waals surface area contributed by atoms with Crippen molar-refractivity contribution < 1.29 is 0 Å². The first-order valence-electron chi connectivity index (χ1n) is 9.72. The summed E-state index contributed by atoms with van der Waals surface area (Å²) in [6, 6.07) is 17.4. The molecule has 0 bridgehead atoms. The van der Waals surface area contributed by atoms with Gasteiger partial charge < -0.3 is 5.32 Å². The Bertz CT molecular complexity index is 738. The lowest BCUT2D eigenvalue weighted by molar-refractivity contribution is 0.534. The molecule has 138 valence electrons. The predicted molar refractivity (Wildman–Crippen MR) is 116 cm³/mol. The van der Waals surface area contributed by atoms with Gasteiger partial charge in [-0.15, -0.1) is 0 Å². The van der Waals surface area contributed by atoms with Crippen LogP contribution in [0.2, 0.25) is 0 Å². The van der Waals surface area contributed by atoms with Crippen molar-refractivity contribution in [2.45, 2.75) is 58.8 Å². The Morgan fingerprint density at radius 2 is 1.77 bits per heavy atom. The summed E-state index contributed by atoms with van der Waals surface area (Å²) in [5.74, 6) is 0.578. The summed E-state index contributed by atoms with van der Waals surface area (Å²) >= 11 is 0. The molecule has 0 fully saturated rings. The number of hydrogen-bond acceptors (Lipinski definition) is 1. The first-order valence-corrected chi connectivity index (χ1v) is 9.72. The van der Waals surface area contributed by atoms with E-state index in [9.17, 15) is 0 Å². The minimum Gasteiger partial charge on any atom is -0.355 e. The third-order valence-corrected chi connectivity index (χ3v) is 5.07. The topological polar surface area (TPSA) is 12.0 Å². The number of anilines is 2. The van der Waals surface area contributed by atoms with E-state index in [1.165, 1.54) is 16.8 Å². The minimum atomic E-state index is 0.0542. The van der Waals surface area contributed by atoms with Gasteiger partial charge in [-0.1, -0.05) is 82.3 Å². The lowest BCUT2D eigenvalue weighted by Gasteiger charge is -2.28. The highest BCUT2D eigenvalue weighted by Crippen LogP contribution is 2.37. The molecule has 1 unspecified atom stereocenters. The smallest absolute Gasteiger partial charge is 0.0422 e. The average Bonchev–Trinajstić information content (AvgIpc) is 2.65. The fourth-order valence-electron chi connectivity index (χ4n) is 3.11. The number of hydrogen-bond donors (Lipinski definition) is 1. The second kappa shape index (κ2) is 9.43. The Balaban J connectivity index is 2.40. The molecule has 2 rings (SSSR count). The normalized spacial score (nSPS) is 13.4. The first kappa shape index (κ1) is 20.0. The Kier molecular flexibility index (Phi) is 7.26. The van der Waals surface area contributed by atoms with E-state index in [2.05, 4.69) is 99.8 Å². The third kappa shape index (κ3) is 5.36. The van der Waals surface area contributed by atoms with Gasteiger partial charge in [0.1, 0.15) is 0 Å². The lowest BCUT2D eigenvalue weighted by atomic mass is 9.78. The highest BCUT2D eigenvalue weighted by Gasteiger charge is 2.23. The molecule has 0 saturated carbocycles. The second-order valence-corrected chi connectivity index (χ2v) is 7.65. The van der Waals surface area contributed by atoms with Crippen LogP contribution in [0.5, 0.6) is 0 Å². The lowest BCUT2D eigenvalue weighted by Crippen LogP contribution is -2.18. The zero-order valence-electron chi connectivity index (χ0n) is 16.9. The summed E-state index contributed by atoms with van der Waals surface area (Å²) < 4.78 is 0. The van der Waals surface area contributed by atoms with Gasteiger partial charge in [-0.05, 0) is 60.4 Å². The van der Waals surface area contributed by atoms with Crippen LogP contribution in [0.4, 0.5) is 11.4 Å². The van der Waals surface area contributed by atoms with Crippen molar-refractivity contribution in [3.05, 3.63) is 84.0 Å². The molecule has 0 aromatic heterocycles. The van der Waals surface area contributed by atoms with Crippen LogP contribution in [0.1, 0.15) is 64.5 Å². The molecule has 0 aliphatic heterocycles. The molecule has 26 heavy (non-hydrogen) atoms. The number of rotatable bonds is 8. The van der Waals surface area contributed by atoms with E-state index in [4.69, 9.17) is 0 Å². The average molecular weight is 348 g/mol. The Morgan fingerprint density at radius 3 is 2.42 bits per heavy atom. The quantitative estimate of drug-likeness (QED) is 0.481. The van der Waals surface area contributed by atoms with Gasteiger partial charge in [0.05, 0.1) is 0 Å². The molecule has 0 spiro atoms. The van der Waals surface area contributed by atoms with Crippen molar-refractivity contribution in [3.63, 3.8) is 0 Å². The van der Waals surface area contributed by atoms with E-state index >= 15 is 0 Å². The Morgan fingerprint density at radius 1 is 1.04 bits per heavy atom. The summed E-state index contributed by atoms with van der Waals surface area (Å²) in [7, 11) is 0. The molecular formula is C25H33N. The van der Waals surface area contributed by atoms with E-state index in [0.29, 0.717) is 5.92 Å². The van der Waals surface area contributed by atoms with Crippen molar-refractivity contribution in [1.82, 2.24) is 0 Å². The molecule has 1 heteroatoms. The molecule has 1 atom stereocenters. The van der Waals surface area contributed by atoms with Crippen molar-refractivity contribution in [1.29, 1.82) is 0 Å². The molecule has 1 N–H and O–H groups in total. The van der Waals surface area contributed by atoms with Gasteiger partial charge in [-0.25, -0.2) is 0 Å². The summed E-state index contributed by atoms with van der Waals surface area (Å²) in [4.78, 5) is 0. The van der Waals surface area contributed by atoms with Crippen LogP contribution in [0.15, 0.2) is 72.8 Å². The zero-order chi connectivity index (χ0) is 19.0. The number of allylic oxidation sites excluding steroid dienone is 4. The van der Waals surface area contributed by atoms with Crippen molar-refractivity contribution in [3.8, 4) is 0 Å². The largest absolute Gasteiger partial charge is 0.355 e. The molecule has 0 saturated heterocycles. The highest BCUT2D eigenvalue weighted by atomic mass is 14.9. The van der Waals surface area contributed by atoms with Crippen molar-refractivity contribution in [2.75, 3.05) is 5.32 Å². The number of benzene rings is 2. The highest BCUT2D eigenvalue weighted by molar-refractivity contribution is 5.65. The van der Waals surface area contributed by atoms with E-state index in [1.54, 1.807) is 0 Å². The molecule has 0 heterocycles. The van der Waals surface area contributed by atoms with Gasteiger partial charge in [-0.2, -0.15) is 0 Å². The van der Waals surface area contributed by atoms with Gasteiger partial charge in [-0.3, -0.25) is 0 Å². The first-order chi connectivity index (χ1) is 12.5. The standard InChI is InChI=1S/C25H33N/c1-6-8-9-13-18-25(4,5)23-19-21(20(3)7-2)16-17-24(23)26-22-14-11-10-12-15-22/h6,8-17,19-20,26H,7,18H2,1-5H3/b8-6+,13-9+. The van der Waals surface area contributed by atoms with Gasteiger partial charge >= 0.3 is 0 Å². The Labute approximate surface area is 159 Å². The van der Waals surface area contributed by atoms with E-state index < -0.39 is 0 Å². The van der Waals surface area contributed by atoms with Crippen LogP contribution in [0.3, 0.4) is 0 Å². The minimum absolute atomic E-state index is 0.0542. The third-order valence-electron chi connectivity index (χ3n) is 5.07. The maximum Gasteiger partial charge on any atom is 0.0422 e. The van der Waals surface area contributed by atoms with Gasteiger partial charge in [0.2, 0.25) is 0 Å². The van der Waals surface area contributed by atoms with Crippen LogP contribution >= 0.6 is 0 Å². The molecule has 2 aromatic carbocycles. The van der Waals surface area contributed by atoms with Gasteiger partial charge in [0, 0.05) is 11.4 Å². The SMILES string of the molecule is C/C=C/C=C/CC(C)(C)c1cc(C(C)CC)ccc1Nc1ccccc1. The second-order valence-electron chi connectivity index (χ2n) is 7.65. The van der Waals surface area contributed by atoms with Crippen LogP contribution in [0.25, 0.3) is 0 Å². The monoisotopic (exact) mass is 347 g/mol. The number of para-hydroxylation sites is 1. The fraction of sp³-hybridized carbons (Fsp3) is 0.360. The summed E-state index contributed by atoms with van der Waals surface area (Å²) in [6.07, 6.45) is 10.7. The van der Waals surface area contributed by atoms with Crippen LogP contribution in [-0.4, -0.2) is 0 Å². The van der Waals surface area contributed by atoms with Gasteiger partial charge in [0.25, 0.3) is 0 Å². The molecule has 1 nitrogen and oxygen atoms in total. The van der Waals surface area contributed by atoms with E-state index in [0.717, 1.165) is 18.5 Å². The van der Waals surface area contributed by atoms with Crippen LogP contribution in [0, 0.1) is 0 Å². The summed E-state index contributed by atoms with van der Waals surface area (Å²) in [5, 5.41) is 3.63.